The number of aromatic nitrogens is 8. The van der Waals surface area contributed by atoms with Gasteiger partial charge in [0.2, 0.25) is 0 Å². The molecular formula is C94H58N8S2. The summed E-state index contributed by atoms with van der Waals surface area (Å²) in [4.78, 5) is 32.3. The van der Waals surface area contributed by atoms with E-state index < -0.39 is 0 Å². The van der Waals surface area contributed by atoms with Gasteiger partial charge in [-0.3, -0.25) is 9.13 Å². The van der Waals surface area contributed by atoms with Crippen LogP contribution in [0.15, 0.2) is 352 Å². The monoisotopic (exact) mass is 1360 g/mol. The van der Waals surface area contributed by atoms with Crippen molar-refractivity contribution in [1.29, 1.82) is 0 Å². The van der Waals surface area contributed by atoms with E-state index in [1.165, 1.54) is 4.70 Å². The second-order valence-electron chi connectivity index (χ2n) is 26.1. The molecule has 0 spiro atoms. The topological polar surface area (TPSA) is 87.2 Å². The molecule has 6 aromatic heterocycles. The number of benzene rings is 14. The maximum Gasteiger partial charge on any atom is 0.161 e. The molecule has 0 radical (unpaired) electrons. The van der Waals surface area contributed by atoms with Crippen LogP contribution in [0.5, 0.6) is 0 Å². The van der Waals surface area contributed by atoms with Crippen molar-refractivity contribution in [3.05, 3.63) is 352 Å². The molecule has 104 heavy (non-hydrogen) atoms. The van der Waals surface area contributed by atoms with Crippen molar-refractivity contribution in [2.45, 2.75) is 0 Å². The summed E-state index contributed by atoms with van der Waals surface area (Å²) in [6, 6.07) is 124. The summed E-state index contributed by atoms with van der Waals surface area (Å²) in [6.45, 7) is 0. The Balaban J connectivity index is 0.642. The standard InChI is InChI=1S/C94H58N8S2/c1-5-24-59(25-6-1)64-30-17-34-68(54-64)81-58-82(98-91(95-81)63-28-9-3-10-29-63)71-38-22-48-85-87(71)72-39-20-43-76(89(72)103-85)94-100-78-45-14-16-47-84(78)102(94)70-37-19-32-66(56-70)61-52-50-60(51-53-61)65-31-18-33-67(55-65)80-57-79(62-26-7-2-8-27-62)96-92(97-80)74-41-23-49-86-88(74)73-40-21-42-75(90(73)104-86)93-99-77-44-13-15-46-83(77)101(93)69-35-11-4-12-36-69/h1-58H. The molecule has 10 heteroatoms. The Morgan fingerprint density at radius 1 is 0.221 bits per heavy atom. The summed E-state index contributed by atoms with van der Waals surface area (Å²) < 4.78 is 9.26. The van der Waals surface area contributed by atoms with Gasteiger partial charge in [-0.25, -0.2) is 29.9 Å². The lowest BCUT2D eigenvalue weighted by Gasteiger charge is -2.13. The third-order valence-corrected chi connectivity index (χ3v) is 22.2. The zero-order valence-electron chi connectivity index (χ0n) is 55.9. The van der Waals surface area contributed by atoms with E-state index in [-0.39, 0.29) is 0 Å². The molecular weight excluding hydrogens is 1310 g/mol. The molecule has 0 saturated heterocycles. The summed E-state index contributed by atoms with van der Waals surface area (Å²) >= 11 is 3.59. The van der Waals surface area contributed by atoms with Crippen LogP contribution in [-0.4, -0.2) is 39.0 Å². The van der Waals surface area contributed by atoms with Gasteiger partial charge in [0.05, 0.1) is 44.8 Å². The van der Waals surface area contributed by atoms with Crippen LogP contribution >= 0.6 is 22.7 Å². The smallest absolute Gasteiger partial charge is 0.161 e. The molecule has 20 rings (SSSR count). The van der Waals surface area contributed by atoms with Gasteiger partial charge in [-0.1, -0.05) is 255 Å². The molecule has 14 aromatic carbocycles. The highest BCUT2D eigenvalue weighted by atomic mass is 32.1. The fourth-order valence-electron chi connectivity index (χ4n) is 14.9. The molecule has 0 saturated carbocycles. The molecule has 0 aliphatic carbocycles. The van der Waals surface area contributed by atoms with E-state index in [4.69, 9.17) is 29.9 Å². The highest BCUT2D eigenvalue weighted by Gasteiger charge is 2.25. The van der Waals surface area contributed by atoms with Crippen LogP contribution < -0.4 is 0 Å². The van der Waals surface area contributed by atoms with Crippen molar-refractivity contribution < 1.29 is 0 Å². The molecule has 0 bridgehead atoms. The quantitative estimate of drug-likeness (QED) is 0.114. The number of imidazole rings is 2. The van der Waals surface area contributed by atoms with Gasteiger partial charge in [-0.2, -0.15) is 0 Å². The molecule has 0 atom stereocenters. The van der Waals surface area contributed by atoms with Gasteiger partial charge in [0.15, 0.2) is 11.6 Å². The number of thiophene rings is 2. The van der Waals surface area contributed by atoms with E-state index in [9.17, 15) is 0 Å². The first kappa shape index (κ1) is 60.6. The van der Waals surface area contributed by atoms with Crippen LogP contribution in [0.4, 0.5) is 0 Å². The largest absolute Gasteiger partial charge is 0.292 e. The van der Waals surface area contributed by atoms with Crippen LogP contribution in [0.1, 0.15) is 0 Å². The first-order chi connectivity index (χ1) is 51.5. The van der Waals surface area contributed by atoms with Gasteiger partial charge in [0.25, 0.3) is 0 Å². The van der Waals surface area contributed by atoms with Gasteiger partial charge in [-0.15, -0.1) is 22.7 Å². The zero-order chi connectivity index (χ0) is 68.6. The van der Waals surface area contributed by atoms with Crippen LogP contribution in [0.25, 0.3) is 198 Å². The number of hydrogen-bond donors (Lipinski definition) is 0. The van der Waals surface area contributed by atoms with Crippen LogP contribution in [0, 0.1) is 0 Å². The van der Waals surface area contributed by atoms with Gasteiger partial charge in [0, 0.05) is 96.2 Å². The van der Waals surface area contributed by atoms with Gasteiger partial charge in [-0.05, 0) is 130 Å². The summed E-state index contributed by atoms with van der Waals surface area (Å²) in [7, 11) is 0. The summed E-state index contributed by atoms with van der Waals surface area (Å²) in [6.07, 6.45) is 0. The van der Waals surface area contributed by atoms with Crippen LogP contribution in [-0.2, 0) is 0 Å². The predicted molar refractivity (Wildman–Crippen MR) is 432 cm³/mol. The van der Waals surface area contributed by atoms with Crippen molar-refractivity contribution >= 4 is 85.1 Å². The second-order valence-corrected chi connectivity index (χ2v) is 28.2. The minimum Gasteiger partial charge on any atom is -0.292 e. The predicted octanol–water partition coefficient (Wildman–Crippen LogP) is 25.0. The minimum atomic E-state index is 0.668. The molecule has 0 amide bonds. The summed E-state index contributed by atoms with van der Waals surface area (Å²) in [5, 5.41) is 4.57. The fourth-order valence-corrected chi connectivity index (χ4v) is 17.4. The Morgan fingerprint density at radius 3 is 1.17 bits per heavy atom. The highest BCUT2D eigenvalue weighted by Crippen LogP contribution is 2.48. The Labute approximate surface area is 607 Å². The molecule has 0 unspecified atom stereocenters. The lowest BCUT2D eigenvalue weighted by Crippen LogP contribution is -1.98. The Kier molecular flexibility index (Phi) is 14.8. The molecule has 0 aliphatic rings. The van der Waals surface area contributed by atoms with E-state index in [1.54, 1.807) is 22.7 Å². The third kappa shape index (κ3) is 10.7. The van der Waals surface area contributed by atoms with Crippen molar-refractivity contribution in [2.75, 3.05) is 0 Å². The molecule has 0 N–H and O–H groups in total. The summed E-state index contributed by atoms with van der Waals surface area (Å²) in [5.74, 6) is 3.13. The first-order valence-electron chi connectivity index (χ1n) is 34.8. The maximum absolute atomic E-state index is 5.50. The molecule has 0 aliphatic heterocycles. The SMILES string of the molecule is c1ccc(-c2cccc(-c3cc(-c4cccc5sc6c(-c7nc8ccccc8n7-c7cccc(-c8ccc(-c9cccc(-c%10cc(-c%11ccccc%11)nc(-c%11cccc%12sc%13c(-c%14nc%15ccccc%15n%14-c%14ccccc%14)cccc%13c%11%12)n%10)c9)cc8)c7)cccc6c45)nc(-c4ccccc4)n3)c2)cc1. The Morgan fingerprint density at radius 2 is 0.596 bits per heavy atom. The van der Waals surface area contributed by atoms with Crippen molar-refractivity contribution in [2.24, 2.45) is 0 Å². The van der Waals surface area contributed by atoms with E-state index in [0.29, 0.717) is 11.6 Å². The summed E-state index contributed by atoms with van der Waals surface area (Å²) in [5.41, 5.74) is 24.3. The molecule has 20 aromatic rings. The second kappa shape index (κ2) is 25.4. The van der Waals surface area contributed by atoms with Crippen molar-refractivity contribution in [3.63, 3.8) is 0 Å². The van der Waals surface area contributed by atoms with Crippen LogP contribution in [0.2, 0.25) is 0 Å². The fraction of sp³-hybridized carbons (Fsp3) is 0. The van der Waals surface area contributed by atoms with Gasteiger partial charge < -0.3 is 0 Å². The average Bonchev–Trinajstić information content (AvgIpc) is 1.58. The number of hydrogen-bond acceptors (Lipinski definition) is 8. The van der Waals surface area contributed by atoms with Crippen molar-refractivity contribution in [1.82, 2.24) is 39.0 Å². The zero-order valence-corrected chi connectivity index (χ0v) is 57.5. The van der Waals surface area contributed by atoms with Crippen molar-refractivity contribution in [3.8, 4) is 135 Å². The van der Waals surface area contributed by atoms with Crippen LogP contribution in [0.3, 0.4) is 0 Å². The molecule has 6 heterocycles. The molecule has 8 nitrogen and oxygen atoms in total. The molecule has 0 fully saturated rings. The van der Waals surface area contributed by atoms with E-state index >= 15 is 0 Å². The van der Waals surface area contributed by atoms with E-state index in [2.05, 4.69) is 337 Å². The number of para-hydroxylation sites is 5. The van der Waals surface area contributed by atoms with E-state index in [0.717, 1.165) is 181 Å². The number of rotatable bonds is 13. The lowest BCUT2D eigenvalue weighted by atomic mass is 9.97. The van der Waals surface area contributed by atoms with Gasteiger partial charge in [0.1, 0.15) is 11.6 Å². The number of nitrogens with zero attached hydrogens (tertiary/aromatic N) is 8. The maximum atomic E-state index is 5.50. The normalized spacial score (nSPS) is 11.7. The first-order valence-corrected chi connectivity index (χ1v) is 36.4. The average molecular weight is 1360 g/mol. The number of fused-ring (bicyclic) bond motifs is 8. The molecule has 486 valence electrons. The lowest BCUT2D eigenvalue weighted by molar-refractivity contribution is 1.11. The Hall–Kier alpha value is -13.4. The third-order valence-electron chi connectivity index (χ3n) is 19.8. The Bertz CT molecular complexity index is 6720. The minimum absolute atomic E-state index is 0.668. The van der Waals surface area contributed by atoms with E-state index in [1.807, 2.05) is 24.3 Å². The highest BCUT2D eigenvalue weighted by molar-refractivity contribution is 7.27. The van der Waals surface area contributed by atoms with Gasteiger partial charge >= 0.3 is 0 Å².